The molecule has 0 bridgehead atoms. The molecule has 20 heavy (non-hydrogen) atoms. The van der Waals surface area contributed by atoms with Crippen LogP contribution < -0.4 is 10.2 Å². The van der Waals surface area contributed by atoms with Gasteiger partial charge in [-0.15, -0.1) is 0 Å². The van der Waals surface area contributed by atoms with E-state index in [0.717, 1.165) is 12.1 Å². The Bertz CT molecular complexity index is 484. The van der Waals surface area contributed by atoms with Crippen molar-refractivity contribution in [1.82, 2.24) is 5.32 Å². The van der Waals surface area contributed by atoms with E-state index in [9.17, 15) is 9.59 Å². The fourth-order valence-electron chi connectivity index (χ4n) is 2.17. The minimum atomic E-state index is -0.164. The van der Waals surface area contributed by atoms with Gasteiger partial charge in [-0.3, -0.25) is 9.59 Å². The highest BCUT2D eigenvalue weighted by Crippen LogP contribution is 2.19. The molecule has 1 aliphatic heterocycles. The molecule has 0 aliphatic carbocycles. The smallest absolute Gasteiger partial charge is 0.253 e. The summed E-state index contributed by atoms with van der Waals surface area (Å²) in [5.41, 5.74) is 2.12. The number of carbonyl (C=O) groups is 2. The second kappa shape index (κ2) is 6.52. The molecule has 1 atom stereocenters. The maximum absolute atomic E-state index is 11.9. The van der Waals surface area contributed by atoms with Gasteiger partial charge in [0.05, 0.1) is 12.6 Å². The summed E-state index contributed by atoms with van der Waals surface area (Å²) < 4.78 is 5.43. The summed E-state index contributed by atoms with van der Waals surface area (Å²) in [5, 5.41) is 2.72. The Morgan fingerprint density at radius 3 is 2.70 bits per heavy atom. The molecule has 2 amide bonds. The van der Waals surface area contributed by atoms with Gasteiger partial charge in [0.2, 0.25) is 5.91 Å². The van der Waals surface area contributed by atoms with Gasteiger partial charge < -0.3 is 15.0 Å². The predicted octanol–water partition coefficient (Wildman–Crippen LogP) is 1.12. The first-order valence-electron chi connectivity index (χ1n) is 6.85. The maximum Gasteiger partial charge on any atom is 0.253 e. The first-order valence-corrected chi connectivity index (χ1v) is 6.85. The summed E-state index contributed by atoms with van der Waals surface area (Å²) in [6.45, 7) is 4.50. The molecule has 5 heteroatoms. The highest BCUT2D eigenvalue weighted by atomic mass is 16.5. The van der Waals surface area contributed by atoms with Crippen LogP contribution in [0.15, 0.2) is 24.3 Å². The molecule has 0 saturated carbocycles. The van der Waals surface area contributed by atoms with Crippen LogP contribution >= 0.6 is 0 Å². The van der Waals surface area contributed by atoms with E-state index in [2.05, 4.69) is 12.2 Å². The third-order valence-electron chi connectivity index (χ3n) is 3.36. The topological polar surface area (TPSA) is 58.6 Å². The monoisotopic (exact) mass is 276 g/mol. The number of amides is 2. The third-order valence-corrected chi connectivity index (χ3v) is 3.36. The van der Waals surface area contributed by atoms with Crippen LogP contribution in [0.25, 0.3) is 0 Å². The maximum atomic E-state index is 11.9. The predicted molar refractivity (Wildman–Crippen MR) is 76.6 cm³/mol. The van der Waals surface area contributed by atoms with Gasteiger partial charge in [-0.05, 0) is 24.1 Å². The van der Waals surface area contributed by atoms with Gasteiger partial charge in [0.1, 0.15) is 6.61 Å². The van der Waals surface area contributed by atoms with Gasteiger partial charge in [-0.25, -0.2) is 0 Å². The molecule has 5 nitrogen and oxygen atoms in total. The van der Waals surface area contributed by atoms with E-state index in [1.165, 1.54) is 12.5 Å². The molecule has 0 radical (unpaired) electrons. The number of hydrogen-bond acceptors (Lipinski definition) is 3. The van der Waals surface area contributed by atoms with Crippen LogP contribution in [0.2, 0.25) is 0 Å². The molecule has 1 fully saturated rings. The van der Waals surface area contributed by atoms with Crippen molar-refractivity contribution in [2.45, 2.75) is 26.4 Å². The van der Waals surface area contributed by atoms with Crippen molar-refractivity contribution < 1.29 is 14.3 Å². The molecule has 0 aromatic heterocycles. The molecular weight excluding hydrogens is 256 g/mol. The highest BCUT2D eigenvalue weighted by Gasteiger charge is 2.27. The number of rotatable bonds is 4. The van der Waals surface area contributed by atoms with Crippen LogP contribution in [0.4, 0.5) is 5.69 Å². The van der Waals surface area contributed by atoms with E-state index in [0.29, 0.717) is 13.1 Å². The second-order valence-electron chi connectivity index (χ2n) is 4.89. The Morgan fingerprint density at radius 1 is 1.40 bits per heavy atom. The number of benzene rings is 1. The van der Waals surface area contributed by atoms with E-state index < -0.39 is 0 Å². The lowest BCUT2D eigenvalue weighted by Crippen LogP contribution is -2.50. The summed E-state index contributed by atoms with van der Waals surface area (Å²) in [4.78, 5) is 24.6. The normalized spacial score (nSPS) is 19.0. The Morgan fingerprint density at radius 2 is 2.10 bits per heavy atom. The zero-order chi connectivity index (χ0) is 14.5. The number of nitrogens with one attached hydrogen (secondary N) is 1. The molecule has 1 N–H and O–H groups in total. The van der Waals surface area contributed by atoms with Crippen molar-refractivity contribution in [3.05, 3.63) is 29.8 Å². The van der Waals surface area contributed by atoms with Gasteiger partial charge in [0, 0.05) is 19.2 Å². The molecule has 1 aromatic carbocycles. The van der Waals surface area contributed by atoms with Gasteiger partial charge in [-0.1, -0.05) is 19.1 Å². The summed E-state index contributed by atoms with van der Waals surface area (Å²) in [5.74, 6) is -0.141. The second-order valence-corrected chi connectivity index (χ2v) is 4.89. The van der Waals surface area contributed by atoms with Crippen molar-refractivity contribution in [3.8, 4) is 0 Å². The summed E-state index contributed by atoms with van der Waals surface area (Å²) >= 11 is 0. The SMILES string of the molecule is CCc1ccc(N2CC(CNC(C)=O)OCC2=O)cc1. The van der Waals surface area contributed by atoms with Crippen LogP contribution in [0.3, 0.4) is 0 Å². The average molecular weight is 276 g/mol. The number of nitrogens with zero attached hydrogens (tertiary/aromatic N) is 1. The van der Waals surface area contributed by atoms with Crippen LogP contribution in [-0.2, 0) is 20.7 Å². The van der Waals surface area contributed by atoms with E-state index in [1.807, 2.05) is 24.3 Å². The molecule has 1 aliphatic rings. The molecule has 1 heterocycles. The van der Waals surface area contributed by atoms with E-state index in [4.69, 9.17) is 4.74 Å². The zero-order valence-electron chi connectivity index (χ0n) is 11.9. The lowest BCUT2D eigenvalue weighted by atomic mass is 10.1. The van der Waals surface area contributed by atoms with Gasteiger partial charge in [0.25, 0.3) is 5.91 Å². The number of ether oxygens (including phenoxy) is 1. The summed E-state index contributed by atoms with van der Waals surface area (Å²) in [6, 6.07) is 7.97. The van der Waals surface area contributed by atoms with Gasteiger partial charge in [-0.2, -0.15) is 0 Å². The minimum absolute atomic E-state index is 0.0478. The van der Waals surface area contributed by atoms with E-state index in [-0.39, 0.29) is 24.5 Å². The number of carbonyl (C=O) groups excluding carboxylic acids is 2. The quantitative estimate of drug-likeness (QED) is 0.896. The first-order chi connectivity index (χ1) is 9.60. The van der Waals surface area contributed by atoms with Crippen molar-refractivity contribution in [2.24, 2.45) is 0 Å². The van der Waals surface area contributed by atoms with Crippen molar-refractivity contribution in [1.29, 1.82) is 0 Å². The summed E-state index contributed by atoms with van der Waals surface area (Å²) in [6.07, 6.45) is 0.810. The molecule has 0 spiro atoms. The van der Waals surface area contributed by atoms with Crippen LogP contribution in [-0.4, -0.2) is 37.6 Å². The van der Waals surface area contributed by atoms with Crippen molar-refractivity contribution in [2.75, 3.05) is 24.6 Å². The minimum Gasteiger partial charge on any atom is -0.365 e. The van der Waals surface area contributed by atoms with Gasteiger partial charge in [0.15, 0.2) is 0 Å². The average Bonchev–Trinajstić information content (AvgIpc) is 2.46. The molecule has 2 rings (SSSR count). The highest BCUT2D eigenvalue weighted by molar-refractivity contribution is 5.95. The first kappa shape index (κ1) is 14.5. The molecular formula is C15H20N2O3. The van der Waals surface area contributed by atoms with Crippen LogP contribution in [0, 0.1) is 0 Å². The lowest BCUT2D eigenvalue weighted by Gasteiger charge is -2.32. The zero-order valence-corrected chi connectivity index (χ0v) is 11.9. The number of aryl methyl sites for hydroxylation is 1. The van der Waals surface area contributed by atoms with E-state index >= 15 is 0 Å². The molecule has 1 unspecified atom stereocenters. The Labute approximate surface area is 118 Å². The standard InChI is InChI=1S/C15H20N2O3/c1-3-12-4-6-13(7-5-12)17-9-14(8-16-11(2)18)20-10-15(17)19/h4-7,14H,3,8-10H2,1-2H3,(H,16,18). The Kier molecular flexibility index (Phi) is 4.74. The number of morpholine rings is 1. The van der Waals surface area contributed by atoms with Crippen molar-refractivity contribution in [3.63, 3.8) is 0 Å². The summed E-state index contributed by atoms with van der Waals surface area (Å²) in [7, 11) is 0. The van der Waals surface area contributed by atoms with Crippen molar-refractivity contribution >= 4 is 17.5 Å². The van der Waals surface area contributed by atoms with E-state index in [1.54, 1.807) is 4.90 Å². The van der Waals surface area contributed by atoms with Crippen LogP contribution in [0.1, 0.15) is 19.4 Å². The lowest BCUT2D eigenvalue weighted by molar-refractivity contribution is -0.129. The Balaban J connectivity index is 2.04. The van der Waals surface area contributed by atoms with Gasteiger partial charge >= 0.3 is 0 Å². The molecule has 108 valence electrons. The third kappa shape index (κ3) is 3.57. The molecule has 1 aromatic rings. The Hall–Kier alpha value is -1.88. The number of anilines is 1. The number of hydrogen-bond donors (Lipinski definition) is 1. The fraction of sp³-hybridized carbons (Fsp3) is 0.467. The molecule has 1 saturated heterocycles. The van der Waals surface area contributed by atoms with Crippen LogP contribution in [0.5, 0.6) is 0 Å². The fourth-order valence-corrected chi connectivity index (χ4v) is 2.17. The largest absolute Gasteiger partial charge is 0.365 e.